The summed E-state index contributed by atoms with van der Waals surface area (Å²) in [5, 5.41) is 3.34. The monoisotopic (exact) mass is 263 g/mol. The van der Waals surface area contributed by atoms with Crippen LogP contribution in [0.2, 0.25) is 0 Å². The average molecular weight is 263 g/mol. The van der Waals surface area contributed by atoms with E-state index >= 15 is 0 Å². The number of hydrogen-bond donors (Lipinski definition) is 1. The molecule has 4 nitrogen and oxygen atoms in total. The molecule has 1 aliphatic rings. The van der Waals surface area contributed by atoms with Crippen molar-refractivity contribution in [3.8, 4) is 0 Å². The molecule has 4 heteroatoms. The fourth-order valence-electron chi connectivity index (χ4n) is 2.61. The van der Waals surface area contributed by atoms with Crippen molar-refractivity contribution in [3.63, 3.8) is 0 Å². The first-order chi connectivity index (χ1) is 9.24. The minimum atomic E-state index is -0.0114. The van der Waals surface area contributed by atoms with Gasteiger partial charge in [0.15, 0.2) is 0 Å². The van der Waals surface area contributed by atoms with Crippen molar-refractivity contribution in [1.29, 1.82) is 0 Å². The van der Waals surface area contributed by atoms with Crippen LogP contribution >= 0.6 is 0 Å². The van der Waals surface area contributed by atoms with Gasteiger partial charge in [0.1, 0.15) is 0 Å². The van der Waals surface area contributed by atoms with Gasteiger partial charge in [0.2, 0.25) is 5.95 Å². The molecule has 0 aromatic carbocycles. The van der Waals surface area contributed by atoms with Gasteiger partial charge in [-0.15, -0.1) is 0 Å². The zero-order valence-electron chi connectivity index (χ0n) is 12.1. The summed E-state index contributed by atoms with van der Waals surface area (Å²) in [6, 6.07) is 0. The molecule has 19 heavy (non-hydrogen) atoms. The molecule has 0 bridgehead atoms. The quantitative estimate of drug-likeness (QED) is 0.855. The first-order valence-electron chi connectivity index (χ1n) is 7.41. The van der Waals surface area contributed by atoms with E-state index in [9.17, 15) is 0 Å². The fraction of sp³-hybridized carbons (Fsp3) is 0.733. The molecule has 0 amide bonds. The maximum atomic E-state index is 6.15. The van der Waals surface area contributed by atoms with E-state index in [4.69, 9.17) is 4.74 Å². The number of rotatable bonds is 6. The van der Waals surface area contributed by atoms with Gasteiger partial charge in [0, 0.05) is 25.5 Å². The van der Waals surface area contributed by atoms with Crippen LogP contribution in [0.3, 0.4) is 0 Å². The molecule has 1 heterocycles. The summed E-state index contributed by atoms with van der Waals surface area (Å²) in [4.78, 5) is 8.59. The van der Waals surface area contributed by atoms with E-state index in [1.54, 1.807) is 0 Å². The minimum absolute atomic E-state index is 0.0114. The molecule has 1 N–H and O–H groups in total. The molecule has 1 fully saturated rings. The number of aromatic nitrogens is 2. The molecule has 0 saturated heterocycles. The largest absolute Gasteiger partial charge is 0.373 e. The van der Waals surface area contributed by atoms with Crippen LogP contribution in [0.1, 0.15) is 51.0 Å². The first-order valence-corrected chi connectivity index (χ1v) is 7.41. The van der Waals surface area contributed by atoms with Gasteiger partial charge < -0.3 is 10.1 Å². The van der Waals surface area contributed by atoms with Crippen LogP contribution in [-0.2, 0) is 4.74 Å². The molecule has 1 aromatic heterocycles. The Morgan fingerprint density at radius 3 is 2.53 bits per heavy atom. The van der Waals surface area contributed by atoms with Crippen molar-refractivity contribution in [1.82, 2.24) is 9.97 Å². The SMILES string of the molecule is CCCOC1(CNc2ncc(C)cn2)CCCCC1. The summed E-state index contributed by atoms with van der Waals surface area (Å²) in [6.45, 7) is 5.82. The molecule has 1 saturated carbocycles. The van der Waals surface area contributed by atoms with E-state index in [2.05, 4.69) is 22.2 Å². The molecule has 0 radical (unpaired) electrons. The van der Waals surface area contributed by atoms with Crippen LogP contribution in [0.15, 0.2) is 12.4 Å². The van der Waals surface area contributed by atoms with Crippen LogP contribution in [-0.4, -0.2) is 28.7 Å². The normalized spacial score (nSPS) is 18.2. The zero-order valence-corrected chi connectivity index (χ0v) is 12.1. The van der Waals surface area contributed by atoms with Gasteiger partial charge in [-0.3, -0.25) is 0 Å². The number of ether oxygens (including phenoxy) is 1. The summed E-state index contributed by atoms with van der Waals surface area (Å²) in [5.74, 6) is 0.704. The lowest BCUT2D eigenvalue weighted by molar-refractivity contribution is -0.0599. The summed E-state index contributed by atoms with van der Waals surface area (Å²) in [5.41, 5.74) is 1.07. The number of nitrogens with zero attached hydrogens (tertiary/aromatic N) is 2. The van der Waals surface area contributed by atoms with E-state index in [0.717, 1.165) is 38.0 Å². The molecule has 1 aromatic rings. The van der Waals surface area contributed by atoms with Gasteiger partial charge in [-0.05, 0) is 31.7 Å². The molecular formula is C15H25N3O. The highest BCUT2D eigenvalue weighted by atomic mass is 16.5. The predicted octanol–water partition coefficient (Wildman–Crippen LogP) is 3.33. The lowest BCUT2D eigenvalue weighted by Crippen LogP contribution is -2.42. The smallest absolute Gasteiger partial charge is 0.222 e. The summed E-state index contributed by atoms with van der Waals surface area (Å²) in [7, 11) is 0. The second kappa shape index (κ2) is 6.85. The van der Waals surface area contributed by atoms with Crippen molar-refractivity contribution in [2.45, 2.75) is 58.0 Å². The van der Waals surface area contributed by atoms with Crippen molar-refractivity contribution < 1.29 is 4.74 Å². The number of nitrogens with one attached hydrogen (secondary N) is 1. The van der Waals surface area contributed by atoms with E-state index < -0.39 is 0 Å². The van der Waals surface area contributed by atoms with Gasteiger partial charge in [-0.2, -0.15) is 0 Å². The van der Waals surface area contributed by atoms with Crippen molar-refractivity contribution >= 4 is 5.95 Å². The molecule has 1 aliphatic carbocycles. The maximum absolute atomic E-state index is 6.15. The van der Waals surface area contributed by atoms with Crippen LogP contribution in [0.25, 0.3) is 0 Å². The lowest BCUT2D eigenvalue weighted by atomic mass is 9.84. The van der Waals surface area contributed by atoms with Gasteiger partial charge >= 0.3 is 0 Å². The van der Waals surface area contributed by atoms with Gasteiger partial charge in [0.05, 0.1) is 5.60 Å². The summed E-state index contributed by atoms with van der Waals surface area (Å²) < 4.78 is 6.15. The first kappa shape index (κ1) is 14.3. The highest BCUT2D eigenvalue weighted by Crippen LogP contribution is 2.31. The van der Waals surface area contributed by atoms with Crippen LogP contribution in [0, 0.1) is 6.92 Å². The van der Waals surface area contributed by atoms with E-state index in [1.807, 2.05) is 19.3 Å². The Bertz CT molecular complexity index is 371. The van der Waals surface area contributed by atoms with Gasteiger partial charge in [-0.25, -0.2) is 9.97 Å². The average Bonchev–Trinajstić information content (AvgIpc) is 2.46. The van der Waals surface area contributed by atoms with Crippen molar-refractivity contribution in [3.05, 3.63) is 18.0 Å². The minimum Gasteiger partial charge on any atom is -0.373 e. The Morgan fingerprint density at radius 1 is 1.21 bits per heavy atom. The van der Waals surface area contributed by atoms with Gasteiger partial charge in [0.25, 0.3) is 0 Å². The Morgan fingerprint density at radius 2 is 1.89 bits per heavy atom. The number of aryl methyl sites for hydroxylation is 1. The maximum Gasteiger partial charge on any atom is 0.222 e. The van der Waals surface area contributed by atoms with Crippen LogP contribution in [0.4, 0.5) is 5.95 Å². The van der Waals surface area contributed by atoms with E-state index in [-0.39, 0.29) is 5.60 Å². The topological polar surface area (TPSA) is 47.0 Å². The Labute approximate surface area is 116 Å². The summed E-state index contributed by atoms with van der Waals surface area (Å²) >= 11 is 0. The highest BCUT2D eigenvalue weighted by molar-refractivity contribution is 5.25. The van der Waals surface area contributed by atoms with Gasteiger partial charge in [-0.1, -0.05) is 26.2 Å². The molecule has 0 aliphatic heterocycles. The lowest BCUT2D eigenvalue weighted by Gasteiger charge is -2.37. The molecule has 2 rings (SSSR count). The molecule has 106 valence electrons. The molecule has 0 atom stereocenters. The number of anilines is 1. The second-order valence-electron chi connectivity index (χ2n) is 5.53. The standard InChI is InChI=1S/C15H25N3O/c1-3-9-19-15(7-5-4-6-8-15)12-18-14-16-10-13(2)11-17-14/h10-11H,3-9,12H2,1-2H3,(H,16,17,18). The Kier molecular flexibility index (Phi) is 5.14. The van der Waals surface area contributed by atoms with Crippen LogP contribution in [0.5, 0.6) is 0 Å². The molecule has 0 unspecified atom stereocenters. The third kappa shape index (κ3) is 4.16. The second-order valence-corrected chi connectivity index (χ2v) is 5.53. The molecular weight excluding hydrogens is 238 g/mol. The predicted molar refractivity (Wildman–Crippen MR) is 77.3 cm³/mol. The van der Waals surface area contributed by atoms with Crippen molar-refractivity contribution in [2.75, 3.05) is 18.5 Å². The molecule has 0 spiro atoms. The fourth-order valence-corrected chi connectivity index (χ4v) is 2.61. The number of hydrogen-bond acceptors (Lipinski definition) is 4. The third-order valence-corrected chi connectivity index (χ3v) is 3.73. The summed E-state index contributed by atoms with van der Waals surface area (Å²) in [6.07, 6.45) is 10.9. The highest BCUT2D eigenvalue weighted by Gasteiger charge is 2.32. The van der Waals surface area contributed by atoms with Crippen LogP contribution < -0.4 is 5.32 Å². The Balaban J connectivity index is 1.93. The zero-order chi connectivity index (χ0) is 13.6. The van der Waals surface area contributed by atoms with E-state index in [1.165, 1.54) is 19.3 Å². The Hall–Kier alpha value is -1.16. The van der Waals surface area contributed by atoms with E-state index in [0.29, 0.717) is 5.95 Å². The third-order valence-electron chi connectivity index (χ3n) is 3.73. The van der Waals surface area contributed by atoms with Crippen molar-refractivity contribution in [2.24, 2.45) is 0 Å².